The summed E-state index contributed by atoms with van der Waals surface area (Å²) in [7, 11) is 0. The van der Waals surface area contributed by atoms with Crippen molar-refractivity contribution >= 4 is 0 Å². The van der Waals surface area contributed by atoms with Gasteiger partial charge in [-0.3, -0.25) is 0 Å². The van der Waals surface area contributed by atoms with E-state index in [1.165, 1.54) is 0 Å². The molecule has 0 amide bonds. The van der Waals surface area contributed by atoms with Gasteiger partial charge in [-0.1, -0.05) is 0 Å². The number of hydrogen-bond donors (Lipinski definition) is 8. The standard InChI is InChI=1S/C11H20O11/c12-1-3-5(14)7(16)8(17)10(20-3)21-9-6(15)4(2-13)22-11(9,18)19/h3-10,12-19H,1-2H2/t3?,4-,5-,6?,7?,8?,9?,10-/m1/s1. The fourth-order valence-corrected chi connectivity index (χ4v) is 2.42. The third kappa shape index (κ3) is 3.11. The van der Waals surface area contributed by atoms with Crippen molar-refractivity contribution in [3.05, 3.63) is 0 Å². The van der Waals surface area contributed by atoms with E-state index in [4.69, 9.17) is 19.7 Å². The number of rotatable bonds is 4. The Kier molecular flexibility index (Phi) is 5.36. The van der Waals surface area contributed by atoms with Gasteiger partial charge in [-0.15, -0.1) is 0 Å². The number of ether oxygens (including phenoxy) is 3. The number of aliphatic hydroxyl groups is 8. The largest absolute Gasteiger partial charge is 0.394 e. The second-order valence-corrected chi connectivity index (χ2v) is 5.24. The first kappa shape index (κ1) is 17.9. The lowest BCUT2D eigenvalue weighted by atomic mass is 9.99. The van der Waals surface area contributed by atoms with Gasteiger partial charge in [0.25, 0.3) is 0 Å². The van der Waals surface area contributed by atoms with Gasteiger partial charge in [0.05, 0.1) is 13.2 Å². The Labute approximate surface area is 124 Å². The molecule has 2 heterocycles. The summed E-state index contributed by atoms with van der Waals surface area (Å²) >= 11 is 0. The van der Waals surface area contributed by atoms with Crippen molar-refractivity contribution in [1.29, 1.82) is 0 Å². The van der Waals surface area contributed by atoms with Crippen LogP contribution in [-0.2, 0) is 14.2 Å². The van der Waals surface area contributed by atoms with Gasteiger partial charge in [0.2, 0.25) is 0 Å². The topological polar surface area (TPSA) is 190 Å². The van der Waals surface area contributed by atoms with E-state index in [0.29, 0.717) is 0 Å². The lowest BCUT2D eigenvalue weighted by molar-refractivity contribution is -0.392. The summed E-state index contributed by atoms with van der Waals surface area (Å²) in [6.45, 7) is -1.42. The molecule has 0 aromatic rings. The second kappa shape index (κ2) is 6.59. The molecule has 2 aliphatic heterocycles. The van der Waals surface area contributed by atoms with E-state index in [1.807, 2.05) is 0 Å². The molecule has 0 aromatic carbocycles. The van der Waals surface area contributed by atoms with Crippen molar-refractivity contribution in [1.82, 2.24) is 0 Å². The minimum absolute atomic E-state index is 0.697. The summed E-state index contributed by atoms with van der Waals surface area (Å²) in [5, 5.41) is 76.1. The Morgan fingerprint density at radius 3 is 1.91 bits per heavy atom. The molecule has 0 saturated carbocycles. The van der Waals surface area contributed by atoms with E-state index in [9.17, 15) is 30.6 Å². The fourth-order valence-electron chi connectivity index (χ4n) is 2.42. The normalized spacial score (nSPS) is 48.5. The first-order valence-corrected chi connectivity index (χ1v) is 6.60. The molecule has 11 nitrogen and oxygen atoms in total. The van der Waals surface area contributed by atoms with Gasteiger partial charge in [0, 0.05) is 0 Å². The Morgan fingerprint density at radius 2 is 1.41 bits per heavy atom. The van der Waals surface area contributed by atoms with E-state index in [2.05, 4.69) is 4.74 Å². The summed E-state index contributed by atoms with van der Waals surface area (Å²) in [5.74, 6) is -2.97. The van der Waals surface area contributed by atoms with Gasteiger partial charge >= 0.3 is 5.97 Å². The second-order valence-electron chi connectivity index (χ2n) is 5.24. The number of hydrogen-bond acceptors (Lipinski definition) is 11. The smallest absolute Gasteiger partial charge is 0.309 e. The SMILES string of the molecule is OCC1O[C@H](OC2C(O)[C@@H](CO)OC2(O)O)C(O)C(O)[C@@H]1O. The van der Waals surface area contributed by atoms with Crippen LogP contribution in [0.25, 0.3) is 0 Å². The molecular formula is C11H20O11. The van der Waals surface area contributed by atoms with Crippen LogP contribution in [0.5, 0.6) is 0 Å². The van der Waals surface area contributed by atoms with Crippen LogP contribution in [0.3, 0.4) is 0 Å². The number of aliphatic hydroxyl groups excluding tert-OH is 6. The van der Waals surface area contributed by atoms with Crippen LogP contribution in [0, 0.1) is 0 Å². The van der Waals surface area contributed by atoms with E-state index >= 15 is 0 Å². The third-order valence-electron chi connectivity index (χ3n) is 3.70. The fraction of sp³-hybridized carbons (Fsp3) is 1.00. The van der Waals surface area contributed by atoms with Gasteiger partial charge in [-0.05, 0) is 0 Å². The van der Waals surface area contributed by atoms with Gasteiger partial charge in [-0.25, -0.2) is 0 Å². The average Bonchev–Trinajstić information content (AvgIpc) is 2.70. The summed E-state index contributed by atoms with van der Waals surface area (Å²) < 4.78 is 14.6. The van der Waals surface area contributed by atoms with Crippen LogP contribution in [0.15, 0.2) is 0 Å². The zero-order valence-corrected chi connectivity index (χ0v) is 11.3. The van der Waals surface area contributed by atoms with Crippen LogP contribution >= 0.6 is 0 Å². The van der Waals surface area contributed by atoms with Gasteiger partial charge in [-0.2, -0.15) is 0 Å². The quantitative estimate of drug-likeness (QED) is 0.230. The summed E-state index contributed by atoms with van der Waals surface area (Å²) in [6, 6.07) is 0. The molecule has 0 aromatic heterocycles. The van der Waals surface area contributed by atoms with Crippen LogP contribution in [0.1, 0.15) is 0 Å². The molecule has 22 heavy (non-hydrogen) atoms. The zero-order chi connectivity index (χ0) is 16.7. The highest BCUT2D eigenvalue weighted by atomic mass is 16.8. The average molecular weight is 328 g/mol. The van der Waals surface area contributed by atoms with Crippen molar-refractivity contribution < 1.29 is 55.1 Å². The Bertz CT molecular complexity index is 375. The molecule has 130 valence electrons. The maximum atomic E-state index is 9.81. The van der Waals surface area contributed by atoms with Crippen molar-refractivity contribution in [3.8, 4) is 0 Å². The van der Waals surface area contributed by atoms with E-state index < -0.39 is 68.2 Å². The highest BCUT2D eigenvalue weighted by Crippen LogP contribution is 2.32. The maximum absolute atomic E-state index is 9.81. The van der Waals surface area contributed by atoms with Crippen molar-refractivity contribution in [2.45, 2.75) is 55.0 Å². The lowest BCUT2D eigenvalue weighted by Gasteiger charge is -2.41. The van der Waals surface area contributed by atoms with E-state index in [1.54, 1.807) is 0 Å². The minimum Gasteiger partial charge on any atom is -0.394 e. The van der Waals surface area contributed by atoms with E-state index in [0.717, 1.165) is 0 Å². The molecule has 0 bridgehead atoms. The zero-order valence-electron chi connectivity index (χ0n) is 11.3. The molecule has 5 unspecified atom stereocenters. The molecule has 2 rings (SSSR count). The Balaban J connectivity index is 2.11. The first-order valence-electron chi connectivity index (χ1n) is 6.60. The minimum atomic E-state index is -2.97. The molecule has 0 radical (unpaired) electrons. The summed E-state index contributed by atoms with van der Waals surface area (Å²) in [5.41, 5.74) is 0. The van der Waals surface area contributed by atoms with Crippen LogP contribution < -0.4 is 0 Å². The highest BCUT2D eigenvalue weighted by Gasteiger charge is 2.57. The van der Waals surface area contributed by atoms with Gasteiger partial charge in [0.1, 0.15) is 36.6 Å². The predicted octanol–water partition coefficient (Wildman–Crippen LogP) is -5.44. The molecule has 0 aliphatic carbocycles. The predicted molar refractivity (Wildman–Crippen MR) is 63.8 cm³/mol. The van der Waals surface area contributed by atoms with Crippen LogP contribution in [0.4, 0.5) is 0 Å². The van der Waals surface area contributed by atoms with Crippen LogP contribution in [0.2, 0.25) is 0 Å². The van der Waals surface area contributed by atoms with E-state index in [-0.39, 0.29) is 0 Å². The molecule has 2 fully saturated rings. The molecular weight excluding hydrogens is 308 g/mol. The summed E-state index contributed by atoms with van der Waals surface area (Å²) in [6.07, 6.45) is -12.9. The highest BCUT2D eigenvalue weighted by molar-refractivity contribution is 4.94. The van der Waals surface area contributed by atoms with Gasteiger partial charge < -0.3 is 55.1 Å². The Hall–Kier alpha value is -0.440. The van der Waals surface area contributed by atoms with Crippen molar-refractivity contribution in [3.63, 3.8) is 0 Å². The monoisotopic (exact) mass is 328 g/mol. The van der Waals surface area contributed by atoms with Crippen molar-refractivity contribution in [2.24, 2.45) is 0 Å². The molecule has 2 aliphatic rings. The van der Waals surface area contributed by atoms with Crippen LogP contribution in [-0.4, -0.2) is 109 Å². The maximum Gasteiger partial charge on any atom is 0.309 e. The molecule has 8 N–H and O–H groups in total. The first-order chi connectivity index (χ1) is 10.2. The Morgan fingerprint density at radius 1 is 0.818 bits per heavy atom. The third-order valence-corrected chi connectivity index (χ3v) is 3.70. The van der Waals surface area contributed by atoms with Gasteiger partial charge in [0.15, 0.2) is 12.4 Å². The summed E-state index contributed by atoms with van der Waals surface area (Å²) in [4.78, 5) is 0. The molecule has 0 spiro atoms. The lowest BCUT2D eigenvalue weighted by Crippen LogP contribution is -2.61. The van der Waals surface area contributed by atoms with Crippen molar-refractivity contribution in [2.75, 3.05) is 13.2 Å². The molecule has 8 atom stereocenters. The molecule has 11 heteroatoms. The molecule has 2 saturated heterocycles.